The zero-order valence-electron chi connectivity index (χ0n) is 29.6. The summed E-state index contributed by atoms with van der Waals surface area (Å²) in [4.78, 5) is 33.4. The quantitative estimate of drug-likeness (QED) is 0.147. The highest BCUT2D eigenvalue weighted by Crippen LogP contribution is 2.44. The van der Waals surface area contributed by atoms with Gasteiger partial charge in [0.05, 0.1) is 0 Å². The second kappa shape index (κ2) is 13.4. The maximum atomic E-state index is 12.6. The van der Waals surface area contributed by atoms with Crippen LogP contribution in [0.15, 0.2) is 146 Å². The Balaban J connectivity index is 0.000000141. The van der Waals surface area contributed by atoms with Crippen LogP contribution in [0.5, 0.6) is 0 Å². The van der Waals surface area contributed by atoms with Gasteiger partial charge < -0.3 is 20.2 Å². The summed E-state index contributed by atoms with van der Waals surface area (Å²) in [6.07, 6.45) is 16.7. The smallest absolute Gasteiger partial charge is 0.271 e. The van der Waals surface area contributed by atoms with Gasteiger partial charge in [0.1, 0.15) is 11.4 Å². The van der Waals surface area contributed by atoms with Crippen molar-refractivity contribution >= 4 is 24.0 Å². The summed E-state index contributed by atoms with van der Waals surface area (Å²) in [5.74, 6) is 0.123. The number of carbonyl (C=O) groups excluding carboxylic acids is 2. The number of carbonyl (C=O) groups is 2. The van der Waals surface area contributed by atoms with Gasteiger partial charge in [-0.05, 0) is 59.1 Å². The molecule has 53 heavy (non-hydrogen) atoms. The number of aromatic amines is 2. The van der Waals surface area contributed by atoms with E-state index in [0.717, 1.165) is 55.6 Å². The lowest BCUT2D eigenvalue weighted by atomic mass is 9.68. The highest BCUT2D eigenvalue weighted by atomic mass is 16.2. The molecule has 2 amide bonds. The summed E-state index contributed by atoms with van der Waals surface area (Å²) in [5.41, 5.74) is 10.5. The lowest BCUT2D eigenvalue weighted by molar-refractivity contribution is 0.0879. The van der Waals surface area contributed by atoms with Crippen LogP contribution in [0, 0.1) is 0 Å². The summed E-state index contributed by atoms with van der Waals surface area (Å²) in [7, 11) is 0. The molecule has 6 nitrogen and oxygen atoms in total. The highest BCUT2D eigenvalue weighted by molar-refractivity contribution is 5.98. The molecule has 0 unspecified atom stereocenters. The van der Waals surface area contributed by atoms with Gasteiger partial charge in [0.15, 0.2) is 0 Å². The summed E-state index contributed by atoms with van der Waals surface area (Å²) < 4.78 is 0. The first-order valence-corrected chi connectivity index (χ1v) is 18.7. The normalized spacial score (nSPS) is 17.2. The molecule has 1 aliphatic heterocycles. The summed E-state index contributed by atoms with van der Waals surface area (Å²) in [6.45, 7) is 1.74. The molecule has 4 aromatic carbocycles. The zero-order valence-corrected chi connectivity index (χ0v) is 29.6. The maximum Gasteiger partial charge on any atom is 0.271 e. The third-order valence-electron chi connectivity index (χ3n) is 11.3. The topological polar surface area (TPSA) is 80.8 Å². The van der Waals surface area contributed by atoms with Crippen LogP contribution in [-0.2, 0) is 23.7 Å². The van der Waals surface area contributed by atoms with Crippen LogP contribution in [0.3, 0.4) is 0 Å². The number of rotatable bonds is 7. The van der Waals surface area contributed by atoms with E-state index in [-0.39, 0.29) is 22.6 Å². The second-order valence-electron chi connectivity index (χ2n) is 14.7. The SMILES string of the molecule is O=C(NC1CC1)c1[nH]cc2c1C=CC(c1ccccc1)(c1ccccc1)C2.O=C(c1[nH]cc2c1C=CC(c1ccccc1)(c1ccccc1)C2)N1CC1. The maximum absolute atomic E-state index is 12.6. The third-order valence-corrected chi connectivity index (χ3v) is 11.3. The molecule has 0 atom stereocenters. The Kier molecular flexibility index (Phi) is 8.31. The molecule has 262 valence electrons. The van der Waals surface area contributed by atoms with Crippen molar-refractivity contribution in [1.82, 2.24) is 20.2 Å². The van der Waals surface area contributed by atoms with Gasteiger partial charge in [0, 0.05) is 53.5 Å². The fourth-order valence-electron chi connectivity index (χ4n) is 8.12. The zero-order chi connectivity index (χ0) is 35.8. The molecule has 4 aliphatic rings. The molecule has 3 heterocycles. The molecule has 10 rings (SSSR count). The molecule has 3 aliphatic carbocycles. The largest absolute Gasteiger partial charge is 0.356 e. The number of nitrogens with zero attached hydrogens (tertiary/aromatic N) is 1. The van der Waals surface area contributed by atoms with Crippen molar-refractivity contribution in [2.45, 2.75) is 42.6 Å². The first kappa shape index (κ1) is 32.7. The lowest BCUT2D eigenvalue weighted by Crippen LogP contribution is -2.31. The predicted octanol–water partition coefficient (Wildman–Crippen LogP) is 8.49. The van der Waals surface area contributed by atoms with E-state index in [1.165, 1.54) is 33.4 Å². The van der Waals surface area contributed by atoms with Gasteiger partial charge in [-0.2, -0.15) is 0 Å². The minimum absolute atomic E-state index is 0.00956. The van der Waals surface area contributed by atoms with Crippen LogP contribution < -0.4 is 5.32 Å². The molecule has 1 saturated carbocycles. The van der Waals surface area contributed by atoms with Crippen molar-refractivity contribution < 1.29 is 9.59 Å². The molecular weight excluding hydrogens is 653 g/mol. The minimum Gasteiger partial charge on any atom is -0.356 e. The van der Waals surface area contributed by atoms with Crippen molar-refractivity contribution in [3.63, 3.8) is 0 Å². The number of aromatic nitrogens is 2. The van der Waals surface area contributed by atoms with E-state index in [1.807, 2.05) is 17.3 Å². The number of nitrogens with one attached hydrogen (secondary N) is 3. The molecule has 2 aromatic heterocycles. The van der Waals surface area contributed by atoms with Crippen molar-refractivity contribution in [2.75, 3.05) is 13.1 Å². The van der Waals surface area contributed by atoms with Gasteiger partial charge in [-0.1, -0.05) is 146 Å². The van der Waals surface area contributed by atoms with Gasteiger partial charge in [0.25, 0.3) is 11.8 Å². The van der Waals surface area contributed by atoms with Crippen molar-refractivity contribution in [3.05, 3.63) is 202 Å². The first-order valence-electron chi connectivity index (χ1n) is 18.7. The van der Waals surface area contributed by atoms with Crippen molar-refractivity contribution in [2.24, 2.45) is 0 Å². The molecule has 6 aromatic rings. The van der Waals surface area contributed by atoms with Gasteiger partial charge in [-0.15, -0.1) is 0 Å². The van der Waals surface area contributed by atoms with Crippen LogP contribution in [0.4, 0.5) is 0 Å². The predicted molar refractivity (Wildman–Crippen MR) is 211 cm³/mol. The Bertz CT molecular complexity index is 2230. The molecule has 0 bridgehead atoms. The molecule has 2 fully saturated rings. The number of hydrogen-bond acceptors (Lipinski definition) is 2. The number of amides is 2. The van der Waals surface area contributed by atoms with Crippen LogP contribution in [0.1, 0.15) is 78.3 Å². The molecular formula is C47H42N4O2. The first-order chi connectivity index (χ1) is 26.0. The molecule has 6 heteroatoms. The van der Waals surface area contributed by atoms with Gasteiger partial charge in [0.2, 0.25) is 0 Å². The fourth-order valence-corrected chi connectivity index (χ4v) is 8.12. The van der Waals surface area contributed by atoms with E-state index in [2.05, 4.69) is 161 Å². The lowest BCUT2D eigenvalue weighted by Gasteiger charge is -2.35. The summed E-state index contributed by atoms with van der Waals surface area (Å²) in [6, 6.07) is 42.8. The van der Waals surface area contributed by atoms with Crippen molar-refractivity contribution in [3.8, 4) is 0 Å². The Morgan fingerprint density at radius 3 is 1.36 bits per heavy atom. The number of H-pyrrole nitrogens is 2. The van der Waals surface area contributed by atoms with Crippen molar-refractivity contribution in [1.29, 1.82) is 0 Å². The number of benzene rings is 4. The standard InChI is InChI=1S/C24H22N2O.C23H20N2O/c27-23(26-20-11-12-20)22-21-13-14-24(15-17(21)16-25-22,18-7-3-1-4-8-18)19-9-5-2-6-10-19;26-22(25-13-14-25)21-20-11-12-23(15-17(20)16-24-21,18-7-3-1-4-8-18)19-9-5-2-6-10-19/h1-10,13-14,16,20,25H,11-12,15H2,(H,26,27);1-12,16,24H,13-15H2. The average molecular weight is 695 g/mol. The molecule has 0 spiro atoms. The van der Waals surface area contributed by atoms with Crippen LogP contribution in [0.25, 0.3) is 12.2 Å². The van der Waals surface area contributed by atoms with E-state index in [1.54, 1.807) is 0 Å². The van der Waals surface area contributed by atoms with E-state index in [4.69, 9.17) is 0 Å². The second-order valence-corrected chi connectivity index (χ2v) is 14.7. The van der Waals surface area contributed by atoms with E-state index in [0.29, 0.717) is 11.7 Å². The van der Waals surface area contributed by atoms with Crippen LogP contribution in [0.2, 0.25) is 0 Å². The van der Waals surface area contributed by atoms with E-state index < -0.39 is 0 Å². The van der Waals surface area contributed by atoms with Crippen LogP contribution in [-0.4, -0.2) is 45.8 Å². The summed E-state index contributed by atoms with van der Waals surface area (Å²) in [5, 5.41) is 3.09. The van der Waals surface area contributed by atoms with Crippen LogP contribution >= 0.6 is 0 Å². The minimum atomic E-state index is -0.220. The Hall–Kier alpha value is -6.14. The van der Waals surface area contributed by atoms with Gasteiger partial charge in [-0.25, -0.2) is 0 Å². The monoisotopic (exact) mass is 694 g/mol. The summed E-state index contributed by atoms with van der Waals surface area (Å²) >= 11 is 0. The van der Waals surface area contributed by atoms with Gasteiger partial charge >= 0.3 is 0 Å². The Morgan fingerprint density at radius 2 is 0.962 bits per heavy atom. The number of hydrogen-bond donors (Lipinski definition) is 3. The highest BCUT2D eigenvalue weighted by Gasteiger charge is 2.39. The Morgan fingerprint density at radius 1 is 0.566 bits per heavy atom. The van der Waals surface area contributed by atoms with E-state index in [9.17, 15) is 9.59 Å². The number of fused-ring (bicyclic) bond motifs is 2. The number of allylic oxidation sites excluding steroid dienone is 2. The molecule has 1 saturated heterocycles. The fraction of sp³-hybridized carbons (Fsp3) is 0.191. The van der Waals surface area contributed by atoms with E-state index >= 15 is 0 Å². The average Bonchev–Trinajstić information content (AvgIpc) is 4.16. The Labute approximate surface area is 310 Å². The van der Waals surface area contributed by atoms with Gasteiger partial charge in [-0.3, -0.25) is 9.59 Å². The molecule has 0 radical (unpaired) electrons. The third kappa shape index (κ3) is 6.14. The molecule has 3 N–H and O–H groups in total.